The number of thiazole rings is 1. The fraction of sp³-hybridized carbons (Fsp3) is 0.143. The van der Waals surface area contributed by atoms with Gasteiger partial charge in [0.25, 0.3) is 0 Å². The Morgan fingerprint density at radius 2 is 2.08 bits per heavy atom. The lowest BCUT2D eigenvalue weighted by molar-refractivity contribution is 0.622. The van der Waals surface area contributed by atoms with E-state index in [-0.39, 0.29) is 18.1 Å². The minimum absolute atomic E-state index is 0.244. The van der Waals surface area contributed by atoms with Crippen molar-refractivity contribution in [1.29, 1.82) is 0 Å². The molecule has 3 aromatic heterocycles. The molecule has 4 rings (SSSR count). The van der Waals surface area contributed by atoms with Crippen molar-refractivity contribution < 1.29 is 4.39 Å². The van der Waals surface area contributed by atoms with E-state index in [1.165, 1.54) is 39.0 Å². The number of aromatic nitrogens is 8. The van der Waals surface area contributed by atoms with Gasteiger partial charge in [-0.05, 0) is 29.8 Å². The van der Waals surface area contributed by atoms with Gasteiger partial charge in [0, 0.05) is 0 Å². The van der Waals surface area contributed by atoms with Gasteiger partial charge >= 0.3 is 5.69 Å². The number of hydrogen-bond acceptors (Lipinski definition) is 7. The molecular formula is C14H11FN8OS. The summed E-state index contributed by atoms with van der Waals surface area (Å²) in [4.78, 5) is 17.7. The number of halogens is 1. The molecule has 25 heavy (non-hydrogen) atoms. The molecule has 0 saturated heterocycles. The fourth-order valence-electron chi connectivity index (χ4n) is 2.29. The number of rotatable bonds is 4. The summed E-state index contributed by atoms with van der Waals surface area (Å²) in [6, 6.07) is 5.92. The van der Waals surface area contributed by atoms with Crippen molar-refractivity contribution in [2.75, 3.05) is 0 Å². The minimum atomic E-state index is -0.335. The number of tetrazole rings is 1. The Kier molecular flexibility index (Phi) is 3.69. The third-order valence-corrected chi connectivity index (χ3v) is 4.67. The molecule has 4 aromatic rings. The third kappa shape index (κ3) is 2.85. The highest BCUT2D eigenvalue weighted by molar-refractivity contribution is 7.17. The van der Waals surface area contributed by atoms with Crippen molar-refractivity contribution in [2.45, 2.75) is 13.5 Å². The van der Waals surface area contributed by atoms with E-state index in [0.717, 1.165) is 10.4 Å². The first-order valence-electron chi connectivity index (χ1n) is 7.22. The van der Waals surface area contributed by atoms with Crippen LogP contribution in [-0.2, 0) is 6.54 Å². The van der Waals surface area contributed by atoms with Crippen LogP contribution in [0.2, 0.25) is 0 Å². The first kappa shape index (κ1) is 15.3. The van der Waals surface area contributed by atoms with Crippen molar-refractivity contribution >= 4 is 11.3 Å². The lowest BCUT2D eigenvalue weighted by Crippen LogP contribution is -2.24. The number of H-pyrrole nitrogens is 1. The Labute approximate surface area is 143 Å². The van der Waals surface area contributed by atoms with Crippen LogP contribution in [-0.4, -0.2) is 40.0 Å². The topological polar surface area (TPSA) is 107 Å². The second-order valence-corrected chi connectivity index (χ2v) is 6.19. The molecule has 1 aromatic carbocycles. The maximum Gasteiger partial charge on any atom is 0.352 e. The van der Waals surface area contributed by atoms with Crippen LogP contribution in [0.1, 0.15) is 11.3 Å². The van der Waals surface area contributed by atoms with Gasteiger partial charge in [-0.15, -0.1) is 10.2 Å². The van der Waals surface area contributed by atoms with Gasteiger partial charge in [0.15, 0.2) is 5.13 Å². The maximum absolute atomic E-state index is 13.0. The zero-order valence-corrected chi connectivity index (χ0v) is 13.7. The lowest BCUT2D eigenvalue weighted by atomic mass is 10.2. The second kappa shape index (κ2) is 6.02. The van der Waals surface area contributed by atoms with E-state index in [4.69, 9.17) is 0 Å². The molecule has 1 N–H and O–H groups in total. The van der Waals surface area contributed by atoms with Gasteiger partial charge in [-0.25, -0.2) is 23.4 Å². The van der Waals surface area contributed by atoms with Crippen molar-refractivity contribution in [3.63, 3.8) is 0 Å². The van der Waals surface area contributed by atoms with E-state index >= 15 is 0 Å². The van der Waals surface area contributed by atoms with Crippen LogP contribution >= 0.6 is 11.3 Å². The lowest BCUT2D eigenvalue weighted by Gasteiger charge is -2.00. The van der Waals surface area contributed by atoms with Crippen LogP contribution in [0.15, 0.2) is 35.4 Å². The molecule has 0 unspecified atom stereocenters. The molecule has 0 aliphatic heterocycles. The summed E-state index contributed by atoms with van der Waals surface area (Å²) in [6.45, 7) is 2.05. The molecule has 0 saturated carbocycles. The molecule has 0 fully saturated rings. The molecule has 0 bridgehead atoms. The van der Waals surface area contributed by atoms with Crippen LogP contribution < -0.4 is 5.69 Å². The quantitative estimate of drug-likeness (QED) is 0.587. The van der Waals surface area contributed by atoms with Crippen LogP contribution in [0, 0.1) is 12.7 Å². The first-order chi connectivity index (χ1) is 12.1. The predicted octanol–water partition coefficient (Wildman–Crippen LogP) is 1.17. The molecule has 3 heterocycles. The number of nitrogens with zero attached hydrogens (tertiary/aromatic N) is 7. The standard InChI is InChI=1S/C14H11FN8OS/c1-8-11(12-18-20-21-19-12)25-13(17-8)22-7-16-23(14(22)24)6-9-2-4-10(15)5-3-9/h2-5,7H,6H2,1H3,(H,18,19,20,21). The summed E-state index contributed by atoms with van der Waals surface area (Å²) in [6.07, 6.45) is 1.41. The zero-order valence-electron chi connectivity index (χ0n) is 12.9. The summed E-state index contributed by atoms with van der Waals surface area (Å²) < 4.78 is 15.6. The van der Waals surface area contributed by atoms with Gasteiger partial charge < -0.3 is 0 Å². The summed E-state index contributed by atoms with van der Waals surface area (Å²) in [5, 5.41) is 18.3. The number of aryl methyl sites for hydroxylation is 1. The van der Waals surface area contributed by atoms with Gasteiger partial charge in [0.2, 0.25) is 5.82 Å². The Balaban J connectivity index is 1.66. The average Bonchev–Trinajstić information content (AvgIpc) is 3.31. The molecule has 0 atom stereocenters. The summed E-state index contributed by atoms with van der Waals surface area (Å²) >= 11 is 1.27. The normalized spacial score (nSPS) is 11.1. The smallest absolute Gasteiger partial charge is 0.245 e. The summed E-state index contributed by atoms with van der Waals surface area (Å²) in [5.74, 6) is 0.0990. The monoisotopic (exact) mass is 358 g/mol. The van der Waals surface area contributed by atoms with Gasteiger partial charge in [-0.1, -0.05) is 23.5 Å². The van der Waals surface area contributed by atoms with Gasteiger partial charge in [-0.3, -0.25) is 0 Å². The van der Waals surface area contributed by atoms with Crippen LogP contribution in [0.3, 0.4) is 0 Å². The molecule has 0 aliphatic carbocycles. The van der Waals surface area contributed by atoms with Gasteiger partial charge in [0.1, 0.15) is 17.0 Å². The highest BCUT2D eigenvalue weighted by Crippen LogP contribution is 2.28. The Morgan fingerprint density at radius 1 is 1.28 bits per heavy atom. The molecular weight excluding hydrogens is 347 g/mol. The van der Waals surface area contributed by atoms with Crippen LogP contribution in [0.4, 0.5) is 4.39 Å². The molecule has 0 aliphatic rings. The molecule has 0 spiro atoms. The number of aromatic amines is 1. The Bertz CT molecular complexity index is 1060. The van der Waals surface area contributed by atoms with E-state index in [9.17, 15) is 9.18 Å². The van der Waals surface area contributed by atoms with E-state index in [0.29, 0.717) is 16.6 Å². The number of nitrogens with one attached hydrogen (secondary N) is 1. The SMILES string of the molecule is Cc1nc(-n2cnn(Cc3ccc(F)cc3)c2=O)sc1-c1nn[nH]n1. The fourth-order valence-corrected chi connectivity index (χ4v) is 3.25. The Hall–Kier alpha value is -3.21. The van der Waals surface area contributed by atoms with Crippen molar-refractivity contribution in [2.24, 2.45) is 0 Å². The summed E-state index contributed by atoms with van der Waals surface area (Å²) in [7, 11) is 0. The largest absolute Gasteiger partial charge is 0.352 e. The second-order valence-electron chi connectivity index (χ2n) is 5.21. The molecule has 0 radical (unpaired) electrons. The molecule has 0 amide bonds. The third-order valence-electron chi connectivity index (χ3n) is 3.52. The molecule has 11 heteroatoms. The first-order valence-corrected chi connectivity index (χ1v) is 8.04. The Morgan fingerprint density at radius 3 is 2.80 bits per heavy atom. The van der Waals surface area contributed by atoms with E-state index in [1.54, 1.807) is 19.1 Å². The zero-order chi connectivity index (χ0) is 17.4. The highest BCUT2D eigenvalue weighted by Gasteiger charge is 2.17. The molecule has 126 valence electrons. The predicted molar refractivity (Wildman–Crippen MR) is 86.9 cm³/mol. The van der Waals surface area contributed by atoms with Crippen molar-refractivity contribution in [1.82, 2.24) is 40.0 Å². The van der Waals surface area contributed by atoms with Crippen LogP contribution in [0.25, 0.3) is 15.8 Å². The van der Waals surface area contributed by atoms with E-state index < -0.39 is 0 Å². The van der Waals surface area contributed by atoms with Gasteiger partial charge in [-0.2, -0.15) is 10.3 Å². The van der Waals surface area contributed by atoms with Crippen molar-refractivity contribution in [3.8, 4) is 15.8 Å². The van der Waals surface area contributed by atoms with E-state index in [2.05, 4.69) is 30.7 Å². The van der Waals surface area contributed by atoms with Crippen molar-refractivity contribution in [3.05, 3.63) is 58.2 Å². The summed E-state index contributed by atoms with van der Waals surface area (Å²) in [5.41, 5.74) is 1.13. The maximum atomic E-state index is 13.0. The average molecular weight is 358 g/mol. The van der Waals surface area contributed by atoms with Gasteiger partial charge in [0.05, 0.1) is 12.2 Å². The van der Waals surface area contributed by atoms with E-state index in [1.807, 2.05) is 0 Å². The number of hydrogen-bond donors (Lipinski definition) is 1. The molecule has 9 nitrogen and oxygen atoms in total. The number of benzene rings is 1. The minimum Gasteiger partial charge on any atom is -0.245 e. The highest BCUT2D eigenvalue weighted by atomic mass is 32.1. The van der Waals surface area contributed by atoms with Crippen LogP contribution in [0.5, 0.6) is 0 Å².